The van der Waals surface area contributed by atoms with E-state index in [2.05, 4.69) is 14.7 Å². The molecule has 0 atom stereocenters. The van der Waals surface area contributed by atoms with Crippen LogP contribution in [0.25, 0.3) is 0 Å². The molecule has 3 nitrogen and oxygen atoms in total. The summed E-state index contributed by atoms with van der Waals surface area (Å²) in [6.07, 6.45) is 0.525. The normalized spacial score (nSPS) is 10.3. The largest absolute Gasteiger partial charge is 0.457 e. The molecule has 12 heavy (non-hydrogen) atoms. The molecule has 0 aliphatic heterocycles. The van der Waals surface area contributed by atoms with Crippen molar-refractivity contribution in [3.05, 3.63) is 18.0 Å². The Bertz CT molecular complexity index is 238. The van der Waals surface area contributed by atoms with Gasteiger partial charge in [0.2, 0.25) is 0 Å². The molecule has 5 heteroatoms. The molecule has 1 heterocycles. The van der Waals surface area contributed by atoms with Gasteiger partial charge in [-0.2, -0.15) is 0 Å². The van der Waals surface area contributed by atoms with Gasteiger partial charge in [-0.15, -0.1) is 0 Å². The van der Waals surface area contributed by atoms with Gasteiger partial charge in [-0.3, -0.25) is 0 Å². The van der Waals surface area contributed by atoms with E-state index in [0.29, 0.717) is 0 Å². The molecule has 1 aromatic heterocycles. The summed E-state index contributed by atoms with van der Waals surface area (Å²) < 4.78 is 27.8. The summed E-state index contributed by atoms with van der Waals surface area (Å²) in [5, 5.41) is 0. The van der Waals surface area contributed by atoms with E-state index in [9.17, 15) is 8.78 Å². The molecule has 0 aliphatic carbocycles. The zero-order valence-corrected chi connectivity index (χ0v) is 6.50. The lowest BCUT2D eigenvalue weighted by molar-refractivity contribution is 0.0770. The summed E-state index contributed by atoms with van der Waals surface area (Å²) in [4.78, 5) is 7.37. The molecule has 0 saturated carbocycles. The highest BCUT2D eigenvalue weighted by Crippen LogP contribution is 2.02. The fourth-order valence-electron chi connectivity index (χ4n) is 0.593. The molecule has 1 rings (SSSR count). The van der Waals surface area contributed by atoms with Gasteiger partial charge in [0, 0.05) is 12.4 Å². The number of alkyl halides is 2. The van der Waals surface area contributed by atoms with E-state index in [0.717, 1.165) is 5.56 Å². The Hall–Kier alpha value is -1.26. The van der Waals surface area contributed by atoms with E-state index in [1.165, 1.54) is 12.4 Å². The zero-order chi connectivity index (χ0) is 8.97. The Morgan fingerprint density at radius 1 is 1.42 bits per heavy atom. The van der Waals surface area contributed by atoms with Crippen LogP contribution in [0.2, 0.25) is 0 Å². The van der Waals surface area contributed by atoms with Gasteiger partial charge in [0.15, 0.2) is 6.61 Å². The van der Waals surface area contributed by atoms with E-state index < -0.39 is 13.0 Å². The smallest absolute Gasteiger partial charge is 0.316 e. The first-order valence-electron chi connectivity index (χ1n) is 3.38. The maximum Gasteiger partial charge on any atom is 0.316 e. The van der Waals surface area contributed by atoms with Crippen LogP contribution in [0, 0.1) is 6.92 Å². The van der Waals surface area contributed by atoms with Crippen LogP contribution >= 0.6 is 0 Å². The van der Waals surface area contributed by atoms with Crippen LogP contribution in [-0.2, 0) is 0 Å². The highest BCUT2D eigenvalue weighted by Gasteiger charge is 2.04. The first-order chi connectivity index (χ1) is 5.68. The Labute approximate surface area is 68.4 Å². The maximum absolute atomic E-state index is 11.6. The molecule has 0 unspecified atom stereocenters. The topological polar surface area (TPSA) is 35.0 Å². The number of aromatic nitrogens is 2. The standard InChI is InChI=1S/C7H8F2N2O/c1-5-2-10-7(11-3-5)12-4-6(8)9/h2-3,6H,4H2,1H3. The number of nitrogens with zero attached hydrogens (tertiary/aromatic N) is 2. The predicted octanol–water partition coefficient (Wildman–Crippen LogP) is 1.43. The number of hydrogen-bond acceptors (Lipinski definition) is 3. The third-order valence-electron chi connectivity index (χ3n) is 1.10. The van der Waals surface area contributed by atoms with Crippen molar-refractivity contribution in [3.8, 4) is 6.01 Å². The van der Waals surface area contributed by atoms with E-state index in [1.807, 2.05) is 0 Å². The second kappa shape index (κ2) is 3.94. The van der Waals surface area contributed by atoms with Gasteiger partial charge in [-0.1, -0.05) is 0 Å². The lowest BCUT2D eigenvalue weighted by atomic mass is 10.4. The highest BCUT2D eigenvalue weighted by atomic mass is 19.3. The Morgan fingerprint density at radius 2 is 2.00 bits per heavy atom. The zero-order valence-electron chi connectivity index (χ0n) is 6.50. The van der Waals surface area contributed by atoms with Gasteiger partial charge in [-0.25, -0.2) is 18.7 Å². The Kier molecular flexibility index (Phi) is 2.90. The fraction of sp³-hybridized carbons (Fsp3) is 0.429. The van der Waals surface area contributed by atoms with Gasteiger partial charge in [0.1, 0.15) is 0 Å². The molecule has 0 saturated heterocycles. The maximum atomic E-state index is 11.6. The Balaban J connectivity index is 2.48. The molecular weight excluding hydrogens is 166 g/mol. The van der Waals surface area contributed by atoms with Crippen LogP contribution < -0.4 is 4.74 Å². The first kappa shape index (κ1) is 8.83. The van der Waals surface area contributed by atoms with Gasteiger partial charge < -0.3 is 4.74 Å². The van der Waals surface area contributed by atoms with Crippen LogP contribution in [0.5, 0.6) is 6.01 Å². The molecule has 0 radical (unpaired) electrons. The second-order valence-corrected chi connectivity index (χ2v) is 2.25. The average Bonchev–Trinajstić information content (AvgIpc) is 2.03. The number of hydrogen-bond donors (Lipinski definition) is 0. The van der Waals surface area contributed by atoms with Crippen LogP contribution in [0.15, 0.2) is 12.4 Å². The molecule has 0 amide bonds. The fourth-order valence-corrected chi connectivity index (χ4v) is 0.593. The lowest BCUT2D eigenvalue weighted by Gasteiger charge is -2.01. The van der Waals surface area contributed by atoms with Gasteiger partial charge in [0.05, 0.1) is 0 Å². The summed E-state index contributed by atoms with van der Waals surface area (Å²) in [7, 11) is 0. The lowest BCUT2D eigenvalue weighted by Crippen LogP contribution is -2.08. The second-order valence-electron chi connectivity index (χ2n) is 2.25. The van der Waals surface area contributed by atoms with Crippen molar-refractivity contribution in [1.82, 2.24) is 9.97 Å². The minimum atomic E-state index is -2.49. The van der Waals surface area contributed by atoms with Gasteiger partial charge >= 0.3 is 6.01 Å². The van der Waals surface area contributed by atoms with Crippen molar-refractivity contribution in [3.63, 3.8) is 0 Å². The first-order valence-corrected chi connectivity index (χ1v) is 3.38. The number of ether oxygens (including phenoxy) is 1. The highest BCUT2D eigenvalue weighted by molar-refractivity contribution is 5.04. The summed E-state index contributed by atoms with van der Waals surface area (Å²) in [5.41, 5.74) is 0.861. The monoisotopic (exact) mass is 174 g/mol. The molecule has 0 aromatic carbocycles. The third kappa shape index (κ3) is 2.77. The average molecular weight is 174 g/mol. The van der Waals surface area contributed by atoms with Crippen LogP contribution in [0.4, 0.5) is 8.78 Å². The number of rotatable bonds is 3. The van der Waals surface area contributed by atoms with Gasteiger partial charge in [-0.05, 0) is 12.5 Å². The van der Waals surface area contributed by atoms with Crippen LogP contribution in [-0.4, -0.2) is 23.0 Å². The van der Waals surface area contributed by atoms with Crippen molar-refractivity contribution in [2.45, 2.75) is 13.3 Å². The van der Waals surface area contributed by atoms with E-state index in [-0.39, 0.29) is 6.01 Å². The number of aryl methyl sites for hydroxylation is 1. The SMILES string of the molecule is Cc1cnc(OCC(F)F)nc1. The summed E-state index contributed by atoms with van der Waals surface area (Å²) >= 11 is 0. The molecular formula is C7H8F2N2O. The van der Waals surface area contributed by atoms with Crippen LogP contribution in [0.3, 0.4) is 0 Å². The molecule has 0 aliphatic rings. The summed E-state index contributed by atoms with van der Waals surface area (Å²) in [5.74, 6) is 0. The van der Waals surface area contributed by atoms with E-state index in [1.54, 1.807) is 6.92 Å². The molecule has 0 spiro atoms. The molecule has 0 bridgehead atoms. The summed E-state index contributed by atoms with van der Waals surface area (Å²) in [6.45, 7) is 1.14. The minimum Gasteiger partial charge on any atom is -0.457 e. The van der Waals surface area contributed by atoms with E-state index >= 15 is 0 Å². The van der Waals surface area contributed by atoms with Gasteiger partial charge in [0.25, 0.3) is 6.43 Å². The third-order valence-corrected chi connectivity index (χ3v) is 1.10. The van der Waals surface area contributed by atoms with Crippen molar-refractivity contribution >= 4 is 0 Å². The predicted molar refractivity (Wildman–Crippen MR) is 38.3 cm³/mol. The summed E-state index contributed by atoms with van der Waals surface area (Å²) in [6, 6.07) is -0.0131. The Morgan fingerprint density at radius 3 is 2.50 bits per heavy atom. The molecule has 1 aromatic rings. The quantitative estimate of drug-likeness (QED) is 0.695. The van der Waals surface area contributed by atoms with Crippen molar-refractivity contribution in [2.75, 3.05) is 6.61 Å². The van der Waals surface area contributed by atoms with Crippen molar-refractivity contribution in [1.29, 1.82) is 0 Å². The molecule has 66 valence electrons. The van der Waals surface area contributed by atoms with Crippen molar-refractivity contribution in [2.24, 2.45) is 0 Å². The van der Waals surface area contributed by atoms with Crippen molar-refractivity contribution < 1.29 is 13.5 Å². The molecule has 0 fully saturated rings. The molecule has 0 N–H and O–H groups in total. The van der Waals surface area contributed by atoms with Crippen LogP contribution in [0.1, 0.15) is 5.56 Å². The number of halogens is 2. The minimum absolute atomic E-state index is 0.0131. The van der Waals surface area contributed by atoms with E-state index in [4.69, 9.17) is 0 Å².